The van der Waals surface area contributed by atoms with Crippen LogP contribution in [0.3, 0.4) is 0 Å². The molecule has 0 fully saturated rings. The summed E-state index contributed by atoms with van der Waals surface area (Å²) < 4.78 is 11.7. The Labute approximate surface area is 175 Å². The summed E-state index contributed by atoms with van der Waals surface area (Å²) in [6.45, 7) is 1.93. The van der Waals surface area contributed by atoms with Crippen molar-refractivity contribution in [2.24, 2.45) is 0 Å². The van der Waals surface area contributed by atoms with Crippen LogP contribution < -0.4 is 10.9 Å². The molecule has 2 aromatic heterocycles. The number of hydrogen-bond donors (Lipinski definition) is 1. The number of anilines is 2. The molecule has 0 spiro atoms. The monoisotopic (exact) mass is 412 g/mol. The Balaban J connectivity index is 1.90. The Morgan fingerprint density at radius 1 is 0.903 bits per heavy atom. The van der Waals surface area contributed by atoms with Crippen molar-refractivity contribution < 1.29 is 13.8 Å². The van der Waals surface area contributed by atoms with E-state index in [1.54, 1.807) is 36.4 Å². The third-order valence-corrected chi connectivity index (χ3v) is 5.21. The fourth-order valence-electron chi connectivity index (χ4n) is 3.73. The van der Waals surface area contributed by atoms with Crippen LogP contribution in [-0.4, -0.2) is 4.92 Å². The van der Waals surface area contributed by atoms with Crippen LogP contribution in [0.5, 0.6) is 0 Å². The van der Waals surface area contributed by atoms with E-state index in [-0.39, 0.29) is 22.5 Å². The lowest BCUT2D eigenvalue weighted by molar-refractivity contribution is -0.384. The lowest BCUT2D eigenvalue weighted by atomic mass is 10.0. The van der Waals surface area contributed by atoms with Gasteiger partial charge in [0.05, 0.1) is 21.4 Å². The van der Waals surface area contributed by atoms with Crippen molar-refractivity contribution in [3.05, 3.63) is 98.9 Å². The highest BCUT2D eigenvalue weighted by atomic mass is 16.6. The summed E-state index contributed by atoms with van der Waals surface area (Å²) in [6, 6.07) is 20.9. The smallest absolute Gasteiger partial charge is 0.348 e. The van der Waals surface area contributed by atoms with Crippen molar-refractivity contribution in [2.75, 3.05) is 5.32 Å². The van der Waals surface area contributed by atoms with E-state index in [0.29, 0.717) is 22.1 Å². The molecule has 5 aromatic rings. The van der Waals surface area contributed by atoms with Gasteiger partial charge in [0.25, 0.3) is 5.69 Å². The Kier molecular flexibility index (Phi) is 4.29. The molecule has 0 unspecified atom stereocenters. The van der Waals surface area contributed by atoms with Crippen molar-refractivity contribution in [2.45, 2.75) is 6.92 Å². The number of nitro groups is 1. The van der Waals surface area contributed by atoms with Gasteiger partial charge in [-0.1, -0.05) is 42.5 Å². The number of para-hydroxylation sites is 3. The number of nitrogens with zero attached hydrogens (tertiary/aromatic N) is 1. The summed E-state index contributed by atoms with van der Waals surface area (Å²) in [5.41, 5.74) is 2.22. The molecule has 0 aliphatic rings. The second-order valence-corrected chi connectivity index (χ2v) is 7.11. The fraction of sp³-hybridized carbons (Fsp3) is 0.0417. The minimum Gasteiger partial charge on any atom is -0.439 e. The van der Waals surface area contributed by atoms with Crippen LogP contribution in [0.4, 0.5) is 17.3 Å². The number of furan rings is 1. The number of hydrogen-bond acceptors (Lipinski definition) is 6. The summed E-state index contributed by atoms with van der Waals surface area (Å²) in [7, 11) is 0. The molecule has 5 rings (SSSR count). The number of nitro benzene ring substituents is 1. The molecule has 0 bridgehead atoms. The molecule has 7 nitrogen and oxygen atoms in total. The Hall–Kier alpha value is -4.39. The van der Waals surface area contributed by atoms with Crippen LogP contribution >= 0.6 is 0 Å². The Bertz CT molecular complexity index is 1530. The molecule has 31 heavy (non-hydrogen) atoms. The first kappa shape index (κ1) is 18.6. The minimum absolute atomic E-state index is 0.134. The van der Waals surface area contributed by atoms with Crippen LogP contribution in [0.15, 0.2) is 86.4 Å². The van der Waals surface area contributed by atoms with Crippen molar-refractivity contribution in [1.82, 2.24) is 0 Å². The van der Waals surface area contributed by atoms with Crippen LogP contribution in [0, 0.1) is 17.0 Å². The number of rotatable bonds is 4. The predicted molar refractivity (Wildman–Crippen MR) is 119 cm³/mol. The van der Waals surface area contributed by atoms with E-state index in [0.717, 1.165) is 11.3 Å². The molecule has 3 aromatic carbocycles. The van der Waals surface area contributed by atoms with E-state index in [1.807, 2.05) is 37.3 Å². The van der Waals surface area contributed by atoms with Crippen molar-refractivity contribution in [3.63, 3.8) is 0 Å². The van der Waals surface area contributed by atoms with Crippen LogP contribution in [-0.2, 0) is 0 Å². The van der Waals surface area contributed by atoms with Gasteiger partial charge in [0, 0.05) is 11.8 Å². The lowest BCUT2D eigenvalue weighted by Gasteiger charge is -2.09. The fourth-order valence-corrected chi connectivity index (χ4v) is 3.73. The van der Waals surface area contributed by atoms with Gasteiger partial charge in [-0.05, 0) is 36.8 Å². The van der Waals surface area contributed by atoms with Gasteiger partial charge in [0.1, 0.15) is 11.0 Å². The normalized spacial score (nSPS) is 11.1. The highest BCUT2D eigenvalue weighted by Gasteiger charge is 2.27. The number of nitrogens with one attached hydrogen (secondary N) is 1. The summed E-state index contributed by atoms with van der Waals surface area (Å²) >= 11 is 0. The molecule has 0 radical (unpaired) electrons. The first-order valence-electron chi connectivity index (χ1n) is 9.59. The van der Waals surface area contributed by atoms with Gasteiger partial charge in [0.15, 0.2) is 5.58 Å². The topological polar surface area (TPSA) is 98.5 Å². The van der Waals surface area contributed by atoms with Crippen LogP contribution in [0.25, 0.3) is 33.1 Å². The predicted octanol–water partition coefficient (Wildman–Crippen LogP) is 6.17. The van der Waals surface area contributed by atoms with Gasteiger partial charge in [-0.25, -0.2) is 4.79 Å². The molecule has 1 N–H and O–H groups in total. The van der Waals surface area contributed by atoms with Gasteiger partial charge >= 0.3 is 5.63 Å². The van der Waals surface area contributed by atoms with E-state index in [4.69, 9.17) is 8.83 Å². The maximum absolute atomic E-state index is 13.0. The molecule has 152 valence electrons. The maximum Gasteiger partial charge on any atom is 0.348 e. The Morgan fingerprint density at radius 3 is 2.42 bits per heavy atom. The zero-order valence-electron chi connectivity index (χ0n) is 16.4. The summed E-state index contributed by atoms with van der Waals surface area (Å²) in [5, 5.41) is 15.7. The highest BCUT2D eigenvalue weighted by Crippen LogP contribution is 2.44. The average Bonchev–Trinajstić information content (AvgIpc) is 3.15. The van der Waals surface area contributed by atoms with Crippen molar-refractivity contribution in [3.8, 4) is 11.1 Å². The average molecular weight is 412 g/mol. The molecular formula is C24H16N2O5. The van der Waals surface area contributed by atoms with Crippen LogP contribution in [0.1, 0.15) is 5.56 Å². The van der Waals surface area contributed by atoms with Crippen molar-refractivity contribution in [1.29, 1.82) is 0 Å². The summed E-state index contributed by atoms with van der Waals surface area (Å²) in [5.74, 6) is 0.238. The summed E-state index contributed by atoms with van der Waals surface area (Å²) in [6.07, 6.45) is 0. The van der Waals surface area contributed by atoms with Gasteiger partial charge in [0.2, 0.25) is 5.88 Å². The zero-order chi connectivity index (χ0) is 21.5. The molecule has 0 aliphatic heterocycles. The summed E-state index contributed by atoms with van der Waals surface area (Å²) in [4.78, 5) is 24.2. The number of fused-ring (bicyclic) bond motifs is 3. The second-order valence-electron chi connectivity index (χ2n) is 7.11. The maximum atomic E-state index is 13.0. The molecule has 0 aliphatic carbocycles. The third-order valence-electron chi connectivity index (χ3n) is 5.21. The second kappa shape index (κ2) is 7.14. The molecule has 0 atom stereocenters. The van der Waals surface area contributed by atoms with E-state index < -0.39 is 10.5 Å². The lowest BCUT2D eigenvalue weighted by Crippen LogP contribution is -2.01. The molecular weight excluding hydrogens is 396 g/mol. The number of aryl methyl sites for hydroxylation is 1. The molecule has 0 saturated heterocycles. The first-order valence-corrected chi connectivity index (χ1v) is 9.59. The van der Waals surface area contributed by atoms with Gasteiger partial charge in [-0.3, -0.25) is 10.1 Å². The highest BCUT2D eigenvalue weighted by molar-refractivity contribution is 6.11. The molecule has 7 heteroatoms. The zero-order valence-corrected chi connectivity index (χ0v) is 16.4. The van der Waals surface area contributed by atoms with Gasteiger partial charge in [-0.15, -0.1) is 0 Å². The van der Waals surface area contributed by atoms with Crippen molar-refractivity contribution >= 4 is 39.2 Å². The van der Waals surface area contributed by atoms with Crippen LogP contribution in [0.2, 0.25) is 0 Å². The van der Waals surface area contributed by atoms with E-state index in [2.05, 4.69) is 5.32 Å². The minimum atomic E-state index is -0.622. The number of benzene rings is 3. The van der Waals surface area contributed by atoms with E-state index in [1.165, 1.54) is 6.07 Å². The largest absolute Gasteiger partial charge is 0.439 e. The van der Waals surface area contributed by atoms with Gasteiger partial charge < -0.3 is 14.2 Å². The molecule has 2 heterocycles. The van der Waals surface area contributed by atoms with Gasteiger partial charge in [-0.2, -0.15) is 0 Å². The molecule has 0 saturated carbocycles. The SMILES string of the molecule is Cc1ccccc1Nc1oc2c(c1-c1ccccc1[N+](=O)[O-])c(=O)oc1ccccc12. The van der Waals surface area contributed by atoms with E-state index >= 15 is 0 Å². The Morgan fingerprint density at radius 2 is 1.61 bits per heavy atom. The first-order chi connectivity index (χ1) is 15.0. The quantitative estimate of drug-likeness (QED) is 0.215. The third kappa shape index (κ3) is 3.03. The van der Waals surface area contributed by atoms with E-state index in [9.17, 15) is 14.9 Å². The molecule has 0 amide bonds. The standard InChI is InChI=1S/C24H16N2O5/c1-14-8-2-5-11-17(14)25-23-20(15-9-3-6-12-18(15)26(28)29)21-22(31-23)16-10-4-7-13-19(16)30-24(21)27/h2-13,25H,1H3.